The first-order valence-electron chi connectivity index (χ1n) is 9.96. The van der Waals surface area contributed by atoms with Crippen molar-refractivity contribution in [2.75, 3.05) is 42.4 Å². The molecule has 2 fully saturated rings. The first-order valence-corrected chi connectivity index (χ1v) is 9.96. The molecule has 2 amide bonds. The van der Waals surface area contributed by atoms with Gasteiger partial charge in [-0.1, -0.05) is 0 Å². The Morgan fingerprint density at radius 1 is 1.35 bits per heavy atom. The predicted molar refractivity (Wildman–Crippen MR) is 114 cm³/mol. The monoisotopic (exact) mass is 428 g/mol. The van der Waals surface area contributed by atoms with Crippen molar-refractivity contribution in [3.63, 3.8) is 0 Å². The fourth-order valence-electron chi connectivity index (χ4n) is 4.13. The van der Waals surface area contributed by atoms with Crippen LogP contribution in [0.1, 0.15) is 28.8 Å². The summed E-state index contributed by atoms with van der Waals surface area (Å²) in [6.07, 6.45) is 4.14. The zero-order valence-corrected chi connectivity index (χ0v) is 17.7. The molecule has 4 rings (SSSR count). The lowest BCUT2D eigenvalue weighted by molar-refractivity contribution is -0.164. The molecule has 1 aliphatic carbocycles. The summed E-state index contributed by atoms with van der Waals surface area (Å²) >= 11 is 0. The van der Waals surface area contributed by atoms with Crippen LogP contribution in [0.5, 0.6) is 0 Å². The highest BCUT2D eigenvalue weighted by molar-refractivity contribution is 5.94. The molecular weight excluding hydrogens is 403 g/mol. The zero-order valence-electron chi connectivity index (χ0n) is 17.7. The van der Waals surface area contributed by atoms with Gasteiger partial charge in [-0.2, -0.15) is 4.98 Å². The van der Waals surface area contributed by atoms with Gasteiger partial charge in [0, 0.05) is 31.2 Å². The number of nitrogens with two attached hydrogens (primary N) is 1. The minimum atomic E-state index is -0.835. The number of benzene rings is 1. The van der Waals surface area contributed by atoms with E-state index in [1.165, 1.54) is 12.1 Å². The van der Waals surface area contributed by atoms with E-state index in [9.17, 15) is 14.0 Å². The number of aromatic nitrogens is 2. The Morgan fingerprint density at radius 3 is 2.61 bits per heavy atom. The number of ether oxygens (including phenoxy) is 1. The topological polar surface area (TPSA) is 114 Å². The van der Waals surface area contributed by atoms with Crippen LogP contribution < -0.4 is 20.9 Å². The third-order valence-corrected chi connectivity index (χ3v) is 5.96. The van der Waals surface area contributed by atoms with E-state index in [1.807, 2.05) is 19.0 Å². The maximum atomic E-state index is 14.2. The second kappa shape index (κ2) is 7.77. The van der Waals surface area contributed by atoms with Crippen molar-refractivity contribution in [1.29, 1.82) is 0 Å². The van der Waals surface area contributed by atoms with Gasteiger partial charge in [0.05, 0.1) is 30.7 Å². The summed E-state index contributed by atoms with van der Waals surface area (Å²) in [5.74, 6) is -0.882. The van der Waals surface area contributed by atoms with E-state index in [1.54, 1.807) is 18.0 Å². The third kappa shape index (κ3) is 3.78. The lowest BCUT2D eigenvalue weighted by atomic mass is 9.63. The number of nitrogens with one attached hydrogen (secondary N) is 1. The van der Waals surface area contributed by atoms with Crippen LogP contribution in [-0.2, 0) is 9.53 Å². The number of nitrogens with zero attached hydrogens (tertiary/aromatic N) is 4. The van der Waals surface area contributed by atoms with Crippen molar-refractivity contribution < 1.29 is 18.7 Å². The number of anilines is 4. The van der Waals surface area contributed by atoms with Crippen molar-refractivity contribution in [3.8, 4) is 0 Å². The highest BCUT2D eigenvalue weighted by Gasteiger charge is 2.52. The van der Waals surface area contributed by atoms with Crippen LogP contribution in [0.15, 0.2) is 18.3 Å². The average molecular weight is 428 g/mol. The minimum Gasteiger partial charge on any atom is -0.380 e. The molecule has 2 aromatic rings. The molecule has 1 spiro atoms. The van der Waals surface area contributed by atoms with E-state index in [0.717, 1.165) is 32.5 Å². The Balaban J connectivity index is 1.63. The lowest BCUT2D eigenvalue weighted by Gasteiger charge is -2.55. The lowest BCUT2D eigenvalue weighted by Crippen LogP contribution is -2.59. The van der Waals surface area contributed by atoms with Crippen LogP contribution in [0.3, 0.4) is 0 Å². The van der Waals surface area contributed by atoms with Crippen molar-refractivity contribution in [2.45, 2.75) is 25.8 Å². The van der Waals surface area contributed by atoms with Gasteiger partial charge >= 0.3 is 0 Å². The molecular formula is C21H25FN6O3. The summed E-state index contributed by atoms with van der Waals surface area (Å²) in [5, 5.41) is 2.98. The quantitative estimate of drug-likeness (QED) is 0.648. The van der Waals surface area contributed by atoms with Crippen LogP contribution >= 0.6 is 0 Å². The number of aryl methyl sites for hydroxylation is 1. The van der Waals surface area contributed by atoms with E-state index in [2.05, 4.69) is 15.3 Å². The zero-order chi connectivity index (χ0) is 22.3. The molecule has 0 unspecified atom stereocenters. The Labute approximate surface area is 179 Å². The van der Waals surface area contributed by atoms with E-state index >= 15 is 0 Å². The van der Waals surface area contributed by atoms with Gasteiger partial charge in [-0.25, -0.2) is 9.37 Å². The molecule has 0 atom stereocenters. The van der Waals surface area contributed by atoms with Crippen molar-refractivity contribution in [1.82, 2.24) is 9.97 Å². The maximum absolute atomic E-state index is 14.2. The van der Waals surface area contributed by atoms with Crippen LogP contribution in [0.2, 0.25) is 0 Å². The van der Waals surface area contributed by atoms with E-state index in [0.29, 0.717) is 22.8 Å². The summed E-state index contributed by atoms with van der Waals surface area (Å²) in [5.41, 5.74) is 6.91. The summed E-state index contributed by atoms with van der Waals surface area (Å²) in [4.78, 5) is 35.7. The fraction of sp³-hybridized carbons (Fsp3) is 0.429. The Bertz CT molecular complexity index is 1030. The summed E-state index contributed by atoms with van der Waals surface area (Å²) < 4.78 is 19.6. The summed E-state index contributed by atoms with van der Waals surface area (Å²) in [6, 6.07) is 2.60. The smallest absolute Gasteiger partial charge is 0.251 e. The van der Waals surface area contributed by atoms with Gasteiger partial charge in [0.2, 0.25) is 12.4 Å². The minimum absolute atomic E-state index is 0.0388. The normalized spacial score (nSPS) is 16.9. The highest BCUT2D eigenvalue weighted by Crippen LogP contribution is 2.50. The van der Waals surface area contributed by atoms with Gasteiger partial charge in [-0.15, -0.1) is 0 Å². The SMILES string of the molecule is Cc1cc(C(N)=O)c(F)cc1Nc1ncc(N(C)C)c(N(C=O)C2CC3(COC3)C2)n1. The van der Waals surface area contributed by atoms with E-state index in [4.69, 9.17) is 10.5 Å². The predicted octanol–water partition coefficient (Wildman–Crippen LogP) is 1.97. The van der Waals surface area contributed by atoms with Crippen molar-refractivity contribution in [3.05, 3.63) is 35.3 Å². The van der Waals surface area contributed by atoms with Crippen LogP contribution in [0.4, 0.5) is 27.5 Å². The molecule has 1 aromatic carbocycles. The number of halogens is 1. The molecule has 31 heavy (non-hydrogen) atoms. The molecule has 1 aliphatic heterocycles. The van der Waals surface area contributed by atoms with Gasteiger partial charge in [0.1, 0.15) is 5.82 Å². The van der Waals surface area contributed by atoms with E-state index < -0.39 is 11.7 Å². The number of hydrogen-bond acceptors (Lipinski definition) is 7. The number of amides is 2. The molecule has 1 aromatic heterocycles. The van der Waals surface area contributed by atoms with Crippen LogP contribution in [0.25, 0.3) is 0 Å². The molecule has 10 heteroatoms. The number of carbonyl (C=O) groups excluding carboxylic acids is 2. The van der Waals surface area contributed by atoms with E-state index in [-0.39, 0.29) is 23.0 Å². The van der Waals surface area contributed by atoms with Gasteiger partial charge in [-0.3, -0.25) is 14.5 Å². The van der Waals surface area contributed by atoms with Crippen molar-refractivity contribution in [2.24, 2.45) is 11.1 Å². The van der Waals surface area contributed by atoms with Gasteiger partial charge in [0.15, 0.2) is 5.82 Å². The second-order valence-electron chi connectivity index (χ2n) is 8.50. The third-order valence-electron chi connectivity index (χ3n) is 5.96. The molecule has 164 valence electrons. The van der Waals surface area contributed by atoms with Crippen LogP contribution in [-0.4, -0.2) is 55.6 Å². The number of primary amides is 1. The molecule has 1 saturated carbocycles. The Morgan fingerprint density at radius 2 is 2.06 bits per heavy atom. The van der Waals surface area contributed by atoms with Gasteiger partial charge in [0.25, 0.3) is 5.91 Å². The molecule has 3 N–H and O–H groups in total. The molecule has 0 radical (unpaired) electrons. The van der Waals surface area contributed by atoms with Gasteiger partial charge < -0.3 is 20.7 Å². The fourth-order valence-corrected chi connectivity index (χ4v) is 4.13. The molecule has 9 nitrogen and oxygen atoms in total. The maximum Gasteiger partial charge on any atom is 0.251 e. The summed E-state index contributed by atoms with van der Waals surface area (Å²) in [7, 11) is 3.70. The Kier molecular flexibility index (Phi) is 5.26. The molecule has 1 saturated heterocycles. The number of rotatable bonds is 7. The molecule has 2 heterocycles. The summed E-state index contributed by atoms with van der Waals surface area (Å²) in [6.45, 7) is 3.19. The second-order valence-corrected chi connectivity index (χ2v) is 8.50. The number of hydrogen-bond donors (Lipinski definition) is 2. The Hall–Kier alpha value is -3.27. The molecule has 2 aliphatic rings. The first kappa shape index (κ1) is 21.0. The first-order chi connectivity index (χ1) is 14.7. The standard InChI is InChI=1S/C21H25FN6O3/c1-12-4-14(18(23)30)15(22)5-16(12)25-20-24-8-17(27(2)3)19(26-20)28(11-29)13-6-21(7-13)9-31-10-21/h4-5,8,11,13H,6-7,9-10H2,1-3H3,(H2,23,30)(H,24,25,26). The highest BCUT2D eigenvalue weighted by atomic mass is 19.1. The number of carbonyl (C=O) groups is 2. The molecule has 0 bridgehead atoms. The van der Waals surface area contributed by atoms with Crippen molar-refractivity contribution >= 4 is 35.5 Å². The van der Waals surface area contributed by atoms with Gasteiger partial charge in [-0.05, 0) is 37.5 Å². The van der Waals surface area contributed by atoms with Crippen LogP contribution in [0, 0.1) is 18.2 Å². The average Bonchev–Trinajstić information content (AvgIpc) is 2.65. The largest absolute Gasteiger partial charge is 0.380 e.